The molecule has 3 saturated heterocycles. The number of guanidine groups is 1. The number of hydrogen-bond acceptors (Lipinski definition) is 2. The van der Waals surface area contributed by atoms with Gasteiger partial charge >= 0.3 is 0 Å². The van der Waals surface area contributed by atoms with Gasteiger partial charge in [0.1, 0.15) is 0 Å². The first-order valence-electron chi connectivity index (χ1n) is 8.96. The Labute approximate surface area is 128 Å². The predicted octanol–water partition coefficient (Wildman–Crippen LogP) is 2.25. The molecule has 4 nitrogen and oxygen atoms in total. The van der Waals surface area contributed by atoms with Gasteiger partial charge in [0.25, 0.3) is 0 Å². The van der Waals surface area contributed by atoms with E-state index >= 15 is 0 Å². The summed E-state index contributed by atoms with van der Waals surface area (Å²) in [7, 11) is 1.93. The zero-order chi connectivity index (χ0) is 14.2. The molecule has 0 aromatic rings. The minimum absolute atomic E-state index is 0.543. The highest BCUT2D eigenvalue weighted by Crippen LogP contribution is 2.47. The Morgan fingerprint density at radius 1 is 1.10 bits per heavy atom. The molecule has 1 aliphatic carbocycles. The summed E-state index contributed by atoms with van der Waals surface area (Å²) in [6.07, 6.45) is 10.7. The number of likely N-dealkylation sites (tertiary alicyclic amines) is 1. The van der Waals surface area contributed by atoms with Crippen LogP contribution in [-0.4, -0.2) is 49.7 Å². The number of ether oxygens (including phenoxy) is 1. The summed E-state index contributed by atoms with van der Waals surface area (Å²) in [6.45, 7) is 3.39. The second-order valence-electron chi connectivity index (χ2n) is 7.44. The van der Waals surface area contributed by atoms with Crippen LogP contribution in [-0.2, 0) is 4.74 Å². The van der Waals surface area contributed by atoms with Gasteiger partial charge in [-0.1, -0.05) is 25.7 Å². The molecule has 3 aliphatic heterocycles. The Bertz CT molecular complexity index is 387. The van der Waals surface area contributed by atoms with Crippen molar-refractivity contribution in [1.29, 1.82) is 0 Å². The molecular weight excluding hydrogens is 262 g/mol. The van der Waals surface area contributed by atoms with Gasteiger partial charge in [0.15, 0.2) is 5.96 Å². The van der Waals surface area contributed by atoms with Crippen LogP contribution in [0, 0.1) is 17.8 Å². The fourth-order valence-corrected chi connectivity index (χ4v) is 5.15. The van der Waals surface area contributed by atoms with Crippen molar-refractivity contribution in [3.05, 3.63) is 0 Å². The standard InChI is InChI=1S/C17H29N3O/c1-18-17(19-9-8-12-4-2-3-5-12)20-10-13-14(11-20)16-7-6-15(13)21-16/h12-16H,2-11H2,1H3,(H,18,19). The summed E-state index contributed by atoms with van der Waals surface area (Å²) < 4.78 is 6.06. The second-order valence-corrected chi connectivity index (χ2v) is 7.44. The van der Waals surface area contributed by atoms with E-state index < -0.39 is 0 Å². The molecule has 0 aromatic heterocycles. The first-order valence-corrected chi connectivity index (χ1v) is 8.96. The van der Waals surface area contributed by atoms with E-state index in [1.54, 1.807) is 0 Å². The molecule has 1 saturated carbocycles. The van der Waals surface area contributed by atoms with Crippen LogP contribution in [0.25, 0.3) is 0 Å². The van der Waals surface area contributed by atoms with Crippen LogP contribution < -0.4 is 5.32 Å². The molecule has 4 rings (SSSR count). The van der Waals surface area contributed by atoms with Gasteiger partial charge in [-0.15, -0.1) is 0 Å². The van der Waals surface area contributed by atoms with E-state index in [2.05, 4.69) is 15.2 Å². The minimum atomic E-state index is 0.543. The molecule has 0 spiro atoms. The number of hydrogen-bond donors (Lipinski definition) is 1. The van der Waals surface area contributed by atoms with E-state index in [1.165, 1.54) is 44.9 Å². The molecule has 3 heterocycles. The van der Waals surface area contributed by atoms with Crippen LogP contribution in [0.5, 0.6) is 0 Å². The maximum atomic E-state index is 6.06. The van der Waals surface area contributed by atoms with E-state index in [-0.39, 0.29) is 0 Å². The number of nitrogens with zero attached hydrogens (tertiary/aromatic N) is 2. The summed E-state index contributed by atoms with van der Waals surface area (Å²) in [5.74, 6) is 3.61. The Hall–Kier alpha value is -0.770. The minimum Gasteiger partial charge on any atom is -0.374 e. The third kappa shape index (κ3) is 2.56. The van der Waals surface area contributed by atoms with E-state index in [0.29, 0.717) is 12.2 Å². The van der Waals surface area contributed by atoms with E-state index in [9.17, 15) is 0 Å². The van der Waals surface area contributed by atoms with Crippen LogP contribution in [0.1, 0.15) is 44.9 Å². The number of nitrogens with one attached hydrogen (secondary N) is 1. The predicted molar refractivity (Wildman–Crippen MR) is 84.4 cm³/mol. The maximum absolute atomic E-state index is 6.06. The SMILES string of the molecule is CN=C(NCCC1CCCC1)N1CC2C3CCC(O3)C2C1. The molecule has 2 bridgehead atoms. The van der Waals surface area contributed by atoms with Crippen molar-refractivity contribution in [2.45, 2.75) is 57.2 Å². The van der Waals surface area contributed by atoms with Crippen LogP contribution in [0.4, 0.5) is 0 Å². The molecule has 4 heteroatoms. The summed E-state index contributed by atoms with van der Waals surface area (Å²) in [5.41, 5.74) is 0. The molecule has 0 aromatic carbocycles. The average Bonchev–Trinajstić information content (AvgIpc) is 3.25. The molecule has 4 atom stereocenters. The molecule has 118 valence electrons. The highest BCUT2D eigenvalue weighted by atomic mass is 16.5. The molecule has 4 aliphatic rings. The van der Waals surface area contributed by atoms with Gasteiger partial charge < -0.3 is 15.0 Å². The van der Waals surface area contributed by atoms with E-state index in [0.717, 1.165) is 43.3 Å². The average molecular weight is 291 g/mol. The largest absolute Gasteiger partial charge is 0.374 e. The molecule has 1 N–H and O–H groups in total. The molecule has 4 fully saturated rings. The maximum Gasteiger partial charge on any atom is 0.193 e. The smallest absolute Gasteiger partial charge is 0.193 e. The molecule has 0 amide bonds. The Kier molecular flexibility index (Phi) is 3.82. The summed E-state index contributed by atoms with van der Waals surface area (Å²) in [6, 6.07) is 0. The van der Waals surface area contributed by atoms with Crippen molar-refractivity contribution >= 4 is 5.96 Å². The highest BCUT2D eigenvalue weighted by molar-refractivity contribution is 5.80. The number of aliphatic imine (C=N–C) groups is 1. The Balaban J connectivity index is 1.28. The van der Waals surface area contributed by atoms with Crippen LogP contribution in [0.15, 0.2) is 4.99 Å². The van der Waals surface area contributed by atoms with Gasteiger partial charge in [-0.3, -0.25) is 4.99 Å². The molecule has 0 radical (unpaired) electrons. The third-order valence-electron chi connectivity index (χ3n) is 6.27. The Morgan fingerprint density at radius 2 is 1.76 bits per heavy atom. The monoisotopic (exact) mass is 291 g/mol. The first-order chi connectivity index (χ1) is 10.3. The lowest BCUT2D eigenvalue weighted by Crippen LogP contribution is -2.41. The van der Waals surface area contributed by atoms with Gasteiger partial charge in [-0.25, -0.2) is 0 Å². The normalized spacial score (nSPS) is 39.3. The van der Waals surface area contributed by atoms with Crippen LogP contribution >= 0.6 is 0 Å². The van der Waals surface area contributed by atoms with E-state index in [1.807, 2.05) is 7.05 Å². The van der Waals surface area contributed by atoms with Crippen molar-refractivity contribution in [3.63, 3.8) is 0 Å². The zero-order valence-corrected chi connectivity index (χ0v) is 13.3. The molecular formula is C17H29N3O. The summed E-state index contributed by atoms with van der Waals surface area (Å²) >= 11 is 0. The van der Waals surface area contributed by atoms with Crippen molar-refractivity contribution in [2.75, 3.05) is 26.7 Å². The van der Waals surface area contributed by atoms with Gasteiger partial charge in [0.2, 0.25) is 0 Å². The first kappa shape index (κ1) is 13.9. The number of fused-ring (bicyclic) bond motifs is 5. The van der Waals surface area contributed by atoms with Gasteiger partial charge in [0, 0.05) is 38.5 Å². The van der Waals surface area contributed by atoms with Crippen molar-refractivity contribution < 1.29 is 4.74 Å². The summed E-state index contributed by atoms with van der Waals surface area (Å²) in [5, 5.41) is 3.61. The highest BCUT2D eigenvalue weighted by Gasteiger charge is 2.53. The van der Waals surface area contributed by atoms with Crippen molar-refractivity contribution in [3.8, 4) is 0 Å². The van der Waals surface area contributed by atoms with Crippen LogP contribution in [0.3, 0.4) is 0 Å². The van der Waals surface area contributed by atoms with Gasteiger partial charge in [0.05, 0.1) is 12.2 Å². The zero-order valence-electron chi connectivity index (χ0n) is 13.3. The third-order valence-corrected chi connectivity index (χ3v) is 6.27. The van der Waals surface area contributed by atoms with Gasteiger partial charge in [-0.2, -0.15) is 0 Å². The fraction of sp³-hybridized carbons (Fsp3) is 0.941. The lowest BCUT2D eigenvalue weighted by atomic mass is 9.82. The van der Waals surface area contributed by atoms with E-state index in [4.69, 9.17) is 4.74 Å². The Morgan fingerprint density at radius 3 is 2.38 bits per heavy atom. The lowest BCUT2D eigenvalue weighted by Gasteiger charge is -2.24. The second kappa shape index (κ2) is 5.79. The van der Waals surface area contributed by atoms with Crippen molar-refractivity contribution in [1.82, 2.24) is 10.2 Å². The molecule has 4 unspecified atom stereocenters. The lowest BCUT2D eigenvalue weighted by molar-refractivity contribution is 0.0767. The quantitative estimate of drug-likeness (QED) is 0.640. The van der Waals surface area contributed by atoms with Gasteiger partial charge in [-0.05, 0) is 25.2 Å². The van der Waals surface area contributed by atoms with Crippen molar-refractivity contribution in [2.24, 2.45) is 22.7 Å². The number of rotatable bonds is 3. The summed E-state index contributed by atoms with van der Waals surface area (Å²) in [4.78, 5) is 7.01. The van der Waals surface area contributed by atoms with Crippen LogP contribution in [0.2, 0.25) is 0 Å². The fourth-order valence-electron chi connectivity index (χ4n) is 5.15. The molecule has 21 heavy (non-hydrogen) atoms. The topological polar surface area (TPSA) is 36.9 Å².